The molecule has 2 aromatic heterocycles. The van der Waals surface area contributed by atoms with Gasteiger partial charge in [-0.2, -0.15) is 5.10 Å². The van der Waals surface area contributed by atoms with Gasteiger partial charge in [0.15, 0.2) is 0 Å². The van der Waals surface area contributed by atoms with Crippen molar-refractivity contribution in [2.75, 3.05) is 0 Å². The Labute approximate surface area is 192 Å². The molecule has 33 heavy (non-hydrogen) atoms. The van der Waals surface area contributed by atoms with E-state index in [0.29, 0.717) is 42.3 Å². The summed E-state index contributed by atoms with van der Waals surface area (Å²) in [6.45, 7) is 0. The van der Waals surface area contributed by atoms with Crippen LogP contribution in [0.1, 0.15) is 49.1 Å². The van der Waals surface area contributed by atoms with Crippen molar-refractivity contribution in [2.24, 2.45) is 24.8 Å². The topological polar surface area (TPSA) is 47.8 Å². The van der Waals surface area contributed by atoms with E-state index in [4.69, 9.17) is 0 Å². The molecule has 0 saturated heterocycles. The fourth-order valence-corrected chi connectivity index (χ4v) is 6.60. The molecule has 0 radical (unpaired) electrons. The van der Waals surface area contributed by atoms with E-state index in [2.05, 4.69) is 34.3 Å². The average Bonchev–Trinajstić information content (AvgIpc) is 3.46. The molecule has 5 heteroatoms. The monoisotopic (exact) mass is 441 g/mol. The lowest BCUT2D eigenvalue weighted by Gasteiger charge is -2.16. The number of benzene rings is 2. The van der Waals surface area contributed by atoms with Crippen molar-refractivity contribution in [3.05, 3.63) is 71.8 Å². The minimum atomic E-state index is -0.198. The Bertz CT molecular complexity index is 1350. The van der Waals surface area contributed by atoms with E-state index in [1.54, 1.807) is 12.1 Å². The Hall–Kier alpha value is -3.08. The Morgan fingerprint density at radius 3 is 2.70 bits per heavy atom. The quantitative estimate of drug-likeness (QED) is 0.383. The van der Waals surface area contributed by atoms with E-state index in [1.165, 1.54) is 11.6 Å². The number of hydrogen-bond donors (Lipinski definition) is 0. The smallest absolute Gasteiger partial charge is 0.137 e. The molecule has 2 aliphatic carbocycles. The highest BCUT2D eigenvalue weighted by Gasteiger charge is 2.42. The van der Waals surface area contributed by atoms with Gasteiger partial charge in [-0.15, -0.1) is 0 Å². The van der Waals surface area contributed by atoms with E-state index in [-0.39, 0.29) is 5.82 Å². The van der Waals surface area contributed by atoms with Crippen molar-refractivity contribution in [3.8, 4) is 0 Å². The van der Waals surface area contributed by atoms with Gasteiger partial charge in [-0.05, 0) is 96.9 Å². The second-order valence-corrected chi connectivity index (χ2v) is 10.2. The zero-order valence-corrected chi connectivity index (χ0v) is 18.9. The van der Waals surface area contributed by atoms with Crippen LogP contribution in [0.25, 0.3) is 21.8 Å². The molecule has 2 heterocycles. The average molecular weight is 442 g/mol. The molecule has 6 rings (SSSR count). The van der Waals surface area contributed by atoms with Crippen LogP contribution >= 0.6 is 0 Å². The first-order chi connectivity index (χ1) is 16.0. The second-order valence-electron chi connectivity index (χ2n) is 10.2. The van der Waals surface area contributed by atoms with E-state index in [1.807, 2.05) is 24.1 Å². The van der Waals surface area contributed by atoms with Crippen LogP contribution in [0.15, 0.2) is 54.9 Å². The maximum absolute atomic E-state index is 13.9. The number of hydrogen-bond acceptors (Lipinski definition) is 3. The van der Waals surface area contributed by atoms with Gasteiger partial charge in [-0.25, -0.2) is 4.39 Å². The molecule has 2 aromatic carbocycles. The van der Waals surface area contributed by atoms with Crippen LogP contribution in [0, 0.1) is 23.6 Å². The van der Waals surface area contributed by atoms with Crippen LogP contribution in [-0.2, 0) is 18.3 Å². The molecule has 0 amide bonds. The van der Waals surface area contributed by atoms with Gasteiger partial charge in [-0.1, -0.05) is 6.07 Å². The van der Waals surface area contributed by atoms with E-state index in [9.17, 15) is 9.18 Å². The van der Waals surface area contributed by atoms with Gasteiger partial charge in [0, 0.05) is 36.9 Å². The summed E-state index contributed by atoms with van der Waals surface area (Å²) < 4.78 is 15.7. The third kappa shape index (κ3) is 3.84. The number of carbonyl (C=O) groups excluding carboxylic acids is 1. The lowest BCUT2D eigenvalue weighted by atomic mass is 9.88. The predicted octanol–water partition coefficient (Wildman–Crippen LogP) is 5.98. The van der Waals surface area contributed by atoms with Crippen molar-refractivity contribution < 1.29 is 9.18 Å². The third-order valence-electron chi connectivity index (χ3n) is 8.02. The van der Waals surface area contributed by atoms with Gasteiger partial charge in [0.05, 0.1) is 17.2 Å². The largest absolute Gasteiger partial charge is 0.299 e. The fourth-order valence-electron chi connectivity index (χ4n) is 6.60. The highest BCUT2D eigenvalue weighted by atomic mass is 19.1. The molecule has 2 fully saturated rings. The summed E-state index contributed by atoms with van der Waals surface area (Å²) in [6, 6.07) is 13.2. The molecule has 4 atom stereocenters. The van der Waals surface area contributed by atoms with Crippen LogP contribution < -0.4 is 0 Å². The molecule has 0 aliphatic heterocycles. The molecule has 0 bridgehead atoms. The first-order valence-electron chi connectivity index (χ1n) is 12.0. The number of rotatable bonds is 5. The number of pyridine rings is 1. The predicted molar refractivity (Wildman–Crippen MR) is 127 cm³/mol. The minimum Gasteiger partial charge on any atom is -0.299 e. The Kier molecular flexibility index (Phi) is 5.01. The highest BCUT2D eigenvalue weighted by molar-refractivity contribution is 5.85. The number of halogens is 1. The molecule has 4 nitrogen and oxygen atoms in total. The second kappa shape index (κ2) is 8.05. The number of aryl methyl sites for hydroxylation is 1. The lowest BCUT2D eigenvalue weighted by molar-refractivity contribution is -0.119. The van der Waals surface area contributed by atoms with Crippen LogP contribution in [0.3, 0.4) is 0 Å². The number of fused-ring (bicyclic) bond motifs is 3. The zero-order valence-electron chi connectivity index (χ0n) is 18.9. The van der Waals surface area contributed by atoms with Crippen molar-refractivity contribution in [1.82, 2.24) is 14.8 Å². The van der Waals surface area contributed by atoms with Crippen LogP contribution in [0.5, 0.6) is 0 Å². The van der Waals surface area contributed by atoms with Crippen LogP contribution in [0.4, 0.5) is 4.39 Å². The molecule has 2 aliphatic rings. The maximum Gasteiger partial charge on any atom is 0.137 e. The van der Waals surface area contributed by atoms with E-state index < -0.39 is 0 Å². The minimum absolute atomic E-state index is 0.198. The molecule has 0 N–H and O–H groups in total. The Balaban J connectivity index is 1.09. The number of aromatic nitrogens is 3. The van der Waals surface area contributed by atoms with E-state index in [0.717, 1.165) is 53.1 Å². The van der Waals surface area contributed by atoms with Gasteiger partial charge in [-0.3, -0.25) is 14.5 Å². The summed E-state index contributed by atoms with van der Waals surface area (Å²) in [5, 5.41) is 6.34. The van der Waals surface area contributed by atoms with Gasteiger partial charge in [0.2, 0.25) is 0 Å². The first kappa shape index (κ1) is 20.5. The zero-order chi connectivity index (χ0) is 22.5. The van der Waals surface area contributed by atoms with Crippen LogP contribution in [0.2, 0.25) is 0 Å². The van der Waals surface area contributed by atoms with Crippen LogP contribution in [-0.4, -0.2) is 20.5 Å². The van der Waals surface area contributed by atoms with E-state index >= 15 is 0 Å². The number of carbonyl (C=O) groups is 1. The summed E-state index contributed by atoms with van der Waals surface area (Å²) in [4.78, 5) is 17.2. The summed E-state index contributed by atoms with van der Waals surface area (Å²) in [7, 11) is 1.93. The fraction of sp³-hybridized carbons (Fsp3) is 0.393. The summed E-state index contributed by atoms with van der Waals surface area (Å²) in [6.07, 6.45) is 9.48. The van der Waals surface area contributed by atoms with Gasteiger partial charge < -0.3 is 0 Å². The number of ketones is 1. The lowest BCUT2D eigenvalue weighted by Crippen LogP contribution is -2.10. The van der Waals surface area contributed by atoms with Gasteiger partial charge in [0.25, 0.3) is 0 Å². The standard InChI is InChI=1S/C28H28FN3O/c1-32-28-5-2-17(8-22(28)16-31-32)11-24(33)12-18-9-19-13-21(14-20(19)10-18)25-6-7-30-27-4-3-23(29)15-26(25)27/h2-8,15-16,18-21H,9-14H2,1H3/t18?,19-,20+,21?. The maximum atomic E-state index is 13.9. The number of nitrogens with zero attached hydrogens (tertiary/aromatic N) is 3. The number of Topliss-reactive ketones (excluding diaryl/α,β-unsaturated/α-hetero) is 1. The molecular formula is C28H28FN3O. The SMILES string of the molecule is Cn1ncc2cc(CC(=O)CC3C[C@@H]4CC(c5ccnc6ccc(F)cc56)C[C@@H]4C3)ccc21. The van der Waals surface area contributed by atoms with Crippen molar-refractivity contribution in [1.29, 1.82) is 0 Å². The third-order valence-corrected chi connectivity index (χ3v) is 8.02. The van der Waals surface area contributed by atoms with Crippen molar-refractivity contribution >= 4 is 27.6 Å². The molecule has 2 unspecified atom stereocenters. The molecule has 2 saturated carbocycles. The first-order valence-corrected chi connectivity index (χ1v) is 12.0. The van der Waals surface area contributed by atoms with Crippen molar-refractivity contribution in [2.45, 2.75) is 44.4 Å². The summed E-state index contributed by atoms with van der Waals surface area (Å²) in [5.41, 5.74) is 4.29. The normalized spacial score (nSPS) is 24.5. The summed E-state index contributed by atoms with van der Waals surface area (Å²) in [5.74, 6) is 2.47. The summed E-state index contributed by atoms with van der Waals surface area (Å²) >= 11 is 0. The van der Waals surface area contributed by atoms with Crippen molar-refractivity contribution in [3.63, 3.8) is 0 Å². The molecular weight excluding hydrogens is 413 g/mol. The molecule has 168 valence electrons. The Morgan fingerprint density at radius 1 is 1.06 bits per heavy atom. The van der Waals surface area contributed by atoms with Gasteiger partial charge in [0.1, 0.15) is 11.6 Å². The van der Waals surface area contributed by atoms with Gasteiger partial charge >= 0.3 is 0 Å². The Morgan fingerprint density at radius 2 is 1.88 bits per heavy atom. The molecule has 4 aromatic rings. The molecule has 0 spiro atoms. The highest BCUT2D eigenvalue weighted by Crippen LogP contribution is 2.53.